The Labute approximate surface area is 194 Å². The van der Waals surface area contributed by atoms with E-state index < -0.39 is 6.04 Å². The van der Waals surface area contributed by atoms with Crippen molar-refractivity contribution in [3.8, 4) is 17.2 Å². The maximum absolute atomic E-state index is 13.2. The molecule has 0 bridgehead atoms. The maximum Gasteiger partial charge on any atom is 0.261 e. The summed E-state index contributed by atoms with van der Waals surface area (Å²) in [4.78, 5) is 27.6. The third-order valence-electron chi connectivity index (χ3n) is 4.80. The Morgan fingerprint density at radius 1 is 1.03 bits per heavy atom. The average molecular weight is 463 g/mol. The minimum atomic E-state index is -0.662. The summed E-state index contributed by atoms with van der Waals surface area (Å²) in [5.74, 6) is 0.959. The number of amides is 2. The van der Waals surface area contributed by atoms with Gasteiger partial charge in [-0.2, -0.15) is 0 Å². The quantitative estimate of drug-likeness (QED) is 0.544. The van der Waals surface area contributed by atoms with E-state index in [1.165, 1.54) is 19.1 Å². The molecule has 8 heteroatoms. The highest BCUT2D eigenvalue weighted by Crippen LogP contribution is 2.27. The van der Waals surface area contributed by atoms with Crippen LogP contribution in [0.2, 0.25) is 5.02 Å². The normalized spacial score (nSPS) is 11.6. The summed E-state index contributed by atoms with van der Waals surface area (Å²) < 4.78 is 16.2. The van der Waals surface area contributed by atoms with Crippen molar-refractivity contribution in [2.75, 3.05) is 20.8 Å². The lowest BCUT2D eigenvalue weighted by Crippen LogP contribution is -2.51. The van der Waals surface area contributed by atoms with Crippen LogP contribution in [0.1, 0.15) is 32.8 Å². The van der Waals surface area contributed by atoms with Crippen LogP contribution in [0.4, 0.5) is 0 Å². The predicted octanol–water partition coefficient (Wildman–Crippen LogP) is 4.07. The van der Waals surface area contributed by atoms with Crippen LogP contribution in [-0.2, 0) is 16.1 Å². The topological polar surface area (TPSA) is 77.1 Å². The monoisotopic (exact) mass is 462 g/mol. The van der Waals surface area contributed by atoms with E-state index in [1.807, 2.05) is 39.0 Å². The highest BCUT2D eigenvalue weighted by Gasteiger charge is 2.29. The molecule has 0 aliphatic carbocycles. The van der Waals surface area contributed by atoms with Gasteiger partial charge in [0.15, 0.2) is 6.61 Å². The van der Waals surface area contributed by atoms with Crippen LogP contribution in [0.5, 0.6) is 17.2 Å². The number of halogens is 1. The molecular formula is C24H31ClN2O5. The molecule has 0 radical (unpaired) electrons. The molecule has 0 saturated carbocycles. The van der Waals surface area contributed by atoms with Crippen LogP contribution in [0.3, 0.4) is 0 Å². The smallest absolute Gasteiger partial charge is 0.261 e. The molecule has 0 fully saturated rings. The van der Waals surface area contributed by atoms with Crippen LogP contribution in [0.15, 0.2) is 42.5 Å². The van der Waals surface area contributed by atoms with Crippen molar-refractivity contribution >= 4 is 23.4 Å². The molecule has 1 atom stereocenters. The molecule has 0 unspecified atom stereocenters. The molecule has 2 rings (SSSR count). The lowest BCUT2D eigenvalue weighted by atomic mass is 10.1. The van der Waals surface area contributed by atoms with E-state index in [0.29, 0.717) is 28.7 Å². The third-order valence-corrected chi connectivity index (χ3v) is 5.17. The number of nitrogens with zero attached hydrogens (tertiary/aromatic N) is 1. The number of rotatable bonds is 11. The van der Waals surface area contributed by atoms with Crippen molar-refractivity contribution in [3.05, 3.63) is 53.1 Å². The second-order valence-electron chi connectivity index (χ2n) is 7.54. The van der Waals surface area contributed by atoms with Gasteiger partial charge in [0.2, 0.25) is 5.91 Å². The Balaban J connectivity index is 2.26. The Bertz CT molecular complexity index is 897. The van der Waals surface area contributed by atoms with Crippen LogP contribution >= 0.6 is 11.6 Å². The molecule has 2 amide bonds. The first-order chi connectivity index (χ1) is 15.3. The zero-order valence-corrected chi connectivity index (χ0v) is 19.9. The summed E-state index contributed by atoms with van der Waals surface area (Å²) in [6.45, 7) is 5.55. The Hall–Kier alpha value is -2.93. The lowest BCUT2D eigenvalue weighted by Gasteiger charge is -2.31. The summed E-state index contributed by atoms with van der Waals surface area (Å²) in [6, 6.07) is 11.6. The fourth-order valence-electron chi connectivity index (χ4n) is 3.20. The average Bonchev–Trinajstić information content (AvgIpc) is 2.77. The largest absolute Gasteiger partial charge is 0.496 e. The van der Waals surface area contributed by atoms with Gasteiger partial charge in [0.1, 0.15) is 23.3 Å². The molecule has 2 aromatic carbocycles. The number of benzene rings is 2. The maximum atomic E-state index is 13.2. The van der Waals surface area contributed by atoms with E-state index in [2.05, 4.69) is 5.32 Å². The molecule has 32 heavy (non-hydrogen) atoms. The Kier molecular flexibility index (Phi) is 9.65. The van der Waals surface area contributed by atoms with Gasteiger partial charge in [0.25, 0.3) is 5.91 Å². The van der Waals surface area contributed by atoms with Crippen molar-refractivity contribution in [3.63, 3.8) is 0 Å². The molecule has 1 N–H and O–H groups in total. The summed E-state index contributed by atoms with van der Waals surface area (Å²) >= 11 is 6.33. The minimum Gasteiger partial charge on any atom is -0.496 e. The highest BCUT2D eigenvalue weighted by molar-refractivity contribution is 6.31. The Morgan fingerprint density at radius 2 is 1.62 bits per heavy atom. The van der Waals surface area contributed by atoms with Crippen LogP contribution in [0.25, 0.3) is 0 Å². The van der Waals surface area contributed by atoms with E-state index in [4.69, 9.17) is 25.8 Å². The van der Waals surface area contributed by atoms with Gasteiger partial charge in [-0.1, -0.05) is 36.7 Å². The van der Waals surface area contributed by atoms with Crippen molar-refractivity contribution in [2.24, 2.45) is 0 Å². The van der Waals surface area contributed by atoms with Gasteiger partial charge in [0.05, 0.1) is 14.2 Å². The minimum absolute atomic E-state index is 0.0469. The summed E-state index contributed by atoms with van der Waals surface area (Å²) in [5, 5.41) is 3.42. The predicted molar refractivity (Wildman–Crippen MR) is 124 cm³/mol. The van der Waals surface area contributed by atoms with Crippen LogP contribution in [-0.4, -0.2) is 49.6 Å². The van der Waals surface area contributed by atoms with Gasteiger partial charge in [-0.3, -0.25) is 9.59 Å². The number of carbonyl (C=O) groups excluding carboxylic acids is 2. The van der Waals surface area contributed by atoms with Gasteiger partial charge in [-0.05, 0) is 31.9 Å². The first kappa shape index (κ1) is 25.3. The number of methoxy groups -OCH3 is 2. The van der Waals surface area contributed by atoms with E-state index in [1.54, 1.807) is 24.3 Å². The van der Waals surface area contributed by atoms with Crippen molar-refractivity contribution < 1.29 is 23.8 Å². The number of nitrogens with one attached hydrogen (secondary N) is 1. The molecule has 0 heterocycles. The van der Waals surface area contributed by atoms with Gasteiger partial charge >= 0.3 is 0 Å². The summed E-state index contributed by atoms with van der Waals surface area (Å²) in [7, 11) is 3.07. The van der Waals surface area contributed by atoms with E-state index in [-0.39, 0.29) is 31.0 Å². The summed E-state index contributed by atoms with van der Waals surface area (Å²) in [6.07, 6.45) is 0.446. The van der Waals surface area contributed by atoms with Gasteiger partial charge in [0, 0.05) is 35.8 Å². The van der Waals surface area contributed by atoms with Gasteiger partial charge in [-0.15, -0.1) is 0 Å². The van der Waals surface area contributed by atoms with Crippen molar-refractivity contribution in [1.29, 1.82) is 0 Å². The first-order valence-electron chi connectivity index (χ1n) is 10.5. The standard InChI is InChI=1S/C24H31ClN2O5/c1-6-22(24(29)26-16(2)3)27(14-17-9-7-8-10-21(17)25)23(28)15-32-20-12-18(30-4)11-19(13-20)31-5/h7-13,16,22H,6,14-15H2,1-5H3,(H,26,29)/t22-/m1/s1. The molecule has 0 aliphatic rings. The molecular weight excluding hydrogens is 432 g/mol. The fraction of sp³-hybridized carbons (Fsp3) is 0.417. The third kappa shape index (κ3) is 7.05. The van der Waals surface area contributed by atoms with Gasteiger partial charge < -0.3 is 24.4 Å². The molecule has 0 spiro atoms. The van der Waals surface area contributed by atoms with Crippen LogP contribution < -0.4 is 19.5 Å². The van der Waals surface area contributed by atoms with Crippen molar-refractivity contribution in [1.82, 2.24) is 10.2 Å². The SMILES string of the molecule is CC[C@H](C(=O)NC(C)C)N(Cc1ccccc1Cl)C(=O)COc1cc(OC)cc(OC)c1. The Morgan fingerprint density at radius 3 is 2.16 bits per heavy atom. The van der Waals surface area contributed by atoms with Crippen LogP contribution in [0, 0.1) is 0 Å². The molecule has 0 aromatic heterocycles. The number of hydrogen-bond acceptors (Lipinski definition) is 5. The van der Waals surface area contributed by atoms with E-state index in [0.717, 1.165) is 5.56 Å². The lowest BCUT2D eigenvalue weighted by molar-refractivity contribution is -0.143. The van der Waals surface area contributed by atoms with Gasteiger partial charge in [-0.25, -0.2) is 0 Å². The zero-order chi connectivity index (χ0) is 23.7. The molecule has 7 nitrogen and oxygen atoms in total. The molecule has 174 valence electrons. The second-order valence-corrected chi connectivity index (χ2v) is 7.94. The molecule has 2 aromatic rings. The second kappa shape index (κ2) is 12.2. The fourth-order valence-corrected chi connectivity index (χ4v) is 3.40. The zero-order valence-electron chi connectivity index (χ0n) is 19.2. The highest BCUT2D eigenvalue weighted by atomic mass is 35.5. The summed E-state index contributed by atoms with van der Waals surface area (Å²) in [5.41, 5.74) is 0.751. The van der Waals surface area contributed by atoms with Crippen molar-refractivity contribution in [2.45, 2.75) is 45.8 Å². The van der Waals surface area contributed by atoms with E-state index >= 15 is 0 Å². The number of carbonyl (C=O) groups is 2. The number of ether oxygens (including phenoxy) is 3. The molecule has 0 aliphatic heterocycles. The number of hydrogen-bond donors (Lipinski definition) is 1. The molecule has 0 saturated heterocycles. The first-order valence-corrected chi connectivity index (χ1v) is 10.9. The van der Waals surface area contributed by atoms with E-state index in [9.17, 15) is 9.59 Å².